The first-order valence-corrected chi connectivity index (χ1v) is 6.39. The van der Waals surface area contributed by atoms with Crippen LogP contribution in [0, 0.1) is 0 Å². The molecule has 2 aromatic heterocycles. The molecule has 0 aliphatic heterocycles. The van der Waals surface area contributed by atoms with E-state index in [1.54, 1.807) is 13.2 Å². The molecule has 0 unspecified atom stereocenters. The quantitative estimate of drug-likeness (QED) is 0.851. The van der Waals surface area contributed by atoms with Crippen molar-refractivity contribution >= 4 is 11.9 Å². The third-order valence-corrected chi connectivity index (χ3v) is 2.75. The highest BCUT2D eigenvalue weighted by Gasteiger charge is 2.13. The lowest BCUT2D eigenvalue weighted by Crippen LogP contribution is -2.25. The average molecular weight is 274 g/mol. The monoisotopic (exact) mass is 274 g/mol. The minimum Gasteiger partial charge on any atom is -0.467 e. The van der Waals surface area contributed by atoms with E-state index in [0.717, 1.165) is 12.2 Å². The van der Waals surface area contributed by atoms with Crippen molar-refractivity contribution in [1.29, 1.82) is 0 Å². The van der Waals surface area contributed by atoms with Gasteiger partial charge in [0.2, 0.25) is 11.9 Å². The van der Waals surface area contributed by atoms with Gasteiger partial charge >= 0.3 is 6.01 Å². The molecule has 2 aromatic rings. The molecule has 0 fully saturated rings. The topological polar surface area (TPSA) is 76.1 Å². The zero-order chi connectivity index (χ0) is 14.4. The van der Waals surface area contributed by atoms with Gasteiger partial charge in [0.1, 0.15) is 0 Å². The molecule has 1 N–H and O–H groups in total. The molecule has 0 amide bonds. The van der Waals surface area contributed by atoms with Gasteiger partial charge in [-0.2, -0.15) is 15.0 Å². The Morgan fingerprint density at radius 3 is 2.70 bits per heavy atom. The van der Waals surface area contributed by atoms with Crippen LogP contribution in [0.1, 0.15) is 12.6 Å². The molecule has 2 heterocycles. The first-order chi connectivity index (χ1) is 9.76. The maximum Gasteiger partial charge on any atom is 0.322 e. The standard InChI is InChI=1S/C13H18N6O/c1-4-19(9-10-7-5-6-8-15-10)12-16-11(14-2)17-13(18-12)20-3/h5-8H,4,9H2,1-3H3,(H,14,16,17,18). The number of methoxy groups -OCH3 is 1. The summed E-state index contributed by atoms with van der Waals surface area (Å²) in [6.45, 7) is 3.43. The Balaban J connectivity index is 2.26. The molecule has 0 aromatic carbocycles. The van der Waals surface area contributed by atoms with Gasteiger partial charge < -0.3 is 15.0 Å². The predicted octanol–water partition coefficient (Wildman–Crippen LogP) is 1.34. The van der Waals surface area contributed by atoms with Gasteiger partial charge in [-0.3, -0.25) is 4.98 Å². The van der Waals surface area contributed by atoms with Gasteiger partial charge in [-0.25, -0.2) is 0 Å². The summed E-state index contributed by atoms with van der Waals surface area (Å²) in [5, 5.41) is 2.90. The van der Waals surface area contributed by atoms with Gasteiger partial charge in [-0.1, -0.05) is 6.07 Å². The largest absolute Gasteiger partial charge is 0.467 e. The number of pyridine rings is 1. The number of aromatic nitrogens is 4. The summed E-state index contributed by atoms with van der Waals surface area (Å²) in [4.78, 5) is 19.1. The summed E-state index contributed by atoms with van der Waals surface area (Å²) in [7, 11) is 3.29. The lowest BCUT2D eigenvalue weighted by molar-refractivity contribution is 0.378. The Kier molecular flexibility index (Phi) is 4.65. The van der Waals surface area contributed by atoms with Crippen molar-refractivity contribution in [1.82, 2.24) is 19.9 Å². The SMILES string of the molecule is CCN(Cc1ccccn1)c1nc(NC)nc(OC)n1. The van der Waals surface area contributed by atoms with Crippen LogP contribution >= 0.6 is 0 Å². The molecule has 0 saturated heterocycles. The fraction of sp³-hybridized carbons (Fsp3) is 0.385. The van der Waals surface area contributed by atoms with Crippen LogP contribution in [0.5, 0.6) is 6.01 Å². The molecule has 0 atom stereocenters. The van der Waals surface area contributed by atoms with Crippen molar-refractivity contribution < 1.29 is 4.74 Å². The van der Waals surface area contributed by atoms with Gasteiger partial charge in [0.15, 0.2) is 0 Å². The lowest BCUT2D eigenvalue weighted by atomic mass is 10.3. The van der Waals surface area contributed by atoms with Crippen molar-refractivity contribution in [3.63, 3.8) is 0 Å². The second kappa shape index (κ2) is 6.65. The van der Waals surface area contributed by atoms with Crippen LogP contribution in [-0.2, 0) is 6.54 Å². The number of nitrogens with one attached hydrogen (secondary N) is 1. The summed E-state index contributed by atoms with van der Waals surface area (Å²) < 4.78 is 5.10. The Bertz CT molecular complexity index is 526. The highest BCUT2D eigenvalue weighted by atomic mass is 16.5. The normalized spacial score (nSPS) is 10.2. The Labute approximate surface area is 118 Å². The fourth-order valence-electron chi connectivity index (χ4n) is 1.70. The molecule has 0 bridgehead atoms. The van der Waals surface area contributed by atoms with E-state index in [9.17, 15) is 0 Å². The number of hydrogen-bond donors (Lipinski definition) is 1. The van der Waals surface area contributed by atoms with E-state index in [-0.39, 0.29) is 0 Å². The number of nitrogens with zero attached hydrogens (tertiary/aromatic N) is 5. The zero-order valence-corrected chi connectivity index (χ0v) is 11.9. The minimum absolute atomic E-state index is 0.291. The van der Waals surface area contributed by atoms with Crippen LogP contribution in [-0.4, -0.2) is 40.6 Å². The maximum atomic E-state index is 5.10. The van der Waals surface area contributed by atoms with Crippen LogP contribution in [0.2, 0.25) is 0 Å². The van der Waals surface area contributed by atoms with Gasteiger partial charge in [0.05, 0.1) is 19.3 Å². The van der Waals surface area contributed by atoms with Crippen LogP contribution in [0.15, 0.2) is 24.4 Å². The molecular formula is C13H18N6O. The molecule has 106 valence electrons. The summed E-state index contributed by atoms with van der Waals surface area (Å²) in [6.07, 6.45) is 1.77. The maximum absolute atomic E-state index is 5.10. The third kappa shape index (κ3) is 3.31. The Hall–Kier alpha value is -2.44. The van der Waals surface area contributed by atoms with E-state index >= 15 is 0 Å². The van der Waals surface area contributed by atoms with Crippen LogP contribution in [0.25, 0.3) is 0 Å². The van der Waals surface area contributed by atoms with Gasteiger partial charge in [0, 0.05) is 19.8 Å². The average Bonchev–Trinajstić information content (AvgIpc) is 2.53. The van der Waals surface area contributed by atoms with E-state index in [0.29, 0.717) is 24.5 Å². The smallest absolute Gasteiger partial charge is 0.322 e. The summed E-state index contributed by atoms with van der Waals surface area (Å²) in [6, 6.07) is 6.12. The predicted molar refractivity (Wildman–Crippen MR) is 76.9 cm³/mol. The Morgan fingerprint density at radius 1 is 1.25 bits per heavy atom. The zero-order valence-electron chi connectivity index (χ0n) is 11.9. The first kappa shape index (κ1) is 14.0. The lowest BCUT2D eigenvalue weighted by Gasteiger charge is -2.20. The summed E-state index contributed by atoms with van der Waals surface area (Å²) in [5.74, 6) is 1.04. The molecule has 7 heteroatoms. The van der Waals surface area contributed by atoms with E-state index in [1.807, 2.05) is 30.0 Å². The molecule has 0 saturated carbocycles. The molecule has 0 aliphatic carbocycles. The van der Waals surface area contributed by atoms with Crippen LogP contribution < -0.4 is 15.0 Å². The number of hydrogen-bond acceptors (Lipinski definition) is 7. The highest BCUT2D eigenvalue weighted by molar-refractivity contribution is 5.38. The third-order valence-electron chi connectivity index (χ3n) is 2.75. The number of anilines is 2. The van der Waals surface area contributed by atoms with Crippen molar-refractivity contribution in [2.24, 2.45) is 0 Å². The van der Waals surface area contributed by atoms with Gasteiger partial charge in [-0.15, -0.1) is 0 Å². The summed E-state index contributed by atoms with van der Waals surface area (Å²) in [5.41, 5.74) is 0.958. The fourth-order valence-corrected chi connectivity index (χ4v) is 1.70. The van der Waals surface area contributed by atoms with E-state index < -0.39 is 0 Å². The van der Waals surface area contributed by atoms with Gasteiger partial charge in [0.25, 0.3) is 0 Å². The molecule has 2 rings (SSSR count). The van der Waals surface area contributed by atoms with E-state index in [4.69, 9.17) is 4.74 Å². The van der Waals surface area contributed by atoms with Crippen LogP contribution in [0.4, 0.5) is 11.9 Å². The second-order valence-electron chi connectivity index (χ2n) is 4.03. The molecule has 0 spiro atoms. The number of rotatable bonds is 6. The highest BCUT2D eigenvalue weighted by Crippen LogP contribution is 2.16. The van der Waals surface area contributed by atoms with Gasteiger partial charge in [-0.05, 0) is 19.1 Å². The molecular weight excluding hydrogens is 256 g/mol. The van der Waals surface area contributed by atoms with E-state index in [2.05, 4.69) is 25.3 Å². The molecule has 0 aliphatic rings. The number of ether oxygens (including phenoxy) is 1. The van der Waals surface area contributed by atoms with Crippen LogP contribution in [0.3, 0.4) is 0 Å². The first-order valence-electron chi connectivity index (χ1n) is 6.39. The second-order valence-corrected chi connectivity index (χ2v) is 4.03. The molecule has 7 nitrogen and oxygen atoms in total. The summed E-state index contributed by atoms with van der Waals surface area (Å²) >= 11 is 0. The molecule has 20 heavy (non-hydrogen) atoms. The Morgan fingerprint density at radius 2 is 2.10 bits per heavy atom. The van der Waals surface area contributed by atoms with E-state index in [1.165, 1.54) is 7.11 Å². The minimum atomic E-state index is 0.291. The van der Waals surface area contributed by atoms with Crippen molar-refractivity contribution in [2.75, 3.05) is 30.9 Å². The molecule has 0 radical (unpaired) electrons. The van der Waals surface area contributed by atoms with Crippen molar-refractivity contribution in [3.05, 3.63) is 30.1 Å². The van der Waals surface area contributed by atoms with Crippen molar-refractivity contribution in [2.45, 2.75) is 13.5 Å². The van der Waals surface area contributed by atoms with Crippen molar-refractivity contribution in [3.8, 4) is 6.01 Å².